The van der Waals surface area contributed by atoms with E-state index in [2.05, 4.69) is 24.1 Å². The summed E-state index contributed by atoms with van der Waals surface area (Å²) in [6.07, 6.45) is 8.01. The van der Waals surface area contributed by atoms with E-state index in [9.17, 15) is 0 Å². The molecule has 2 heterocycles. The molecule has 3 rings (SSSR count). The van der Waals surface area contributed by atoms with Crippen LogP contribution in [0.25, 0.3) is 0 Å². The third-order valence-corrected chi connectivity index (χ3v) is 5.78. The van der Waals surface area contributed by atoms with E-state index in [1.54, 1.807) is 0 Å². The maximum absolute atomic E-state index is 5.02. The standard InChI is InChI=1S/C17H29N3S/c1-3-9-18-11-15-17(14-7-8-14)19-16(21-15)12-20-10-5-4-6-13(20)2/h13-14,18H,3-12H2,1-2H3. The number of rotatable bonds is 7. The quantitative estimate of drug-likeness (QED) is 0.775. The Bertz CT molecular complexity index is 453. The molecule has 118 valence electrons. The van der Waals surface area contributed by atoms with E-state index < -0.39 is 0 Å². The Morgan fingerprint density at radius 3 is 2.86 bits per heavy atom. The Labute approximate surface area is 133 Å². The summed E-state index contributed by atoms with van der Waals surface area (Å²) in [7, 11) is 0. The van der Waals surface area contributed by atoms with Gasteiger partial charge in [0.1, 0.15) is 5.01 Å². The topological polar surface area (TPSA) is 28.2 Å². The van der Waals surface area contributed by atoms with Gasteiger partial charge in [-0.15, -0.1) is 11.3 Å². The van der Waals surface area contributed by atoms with E-state index in [1.807, 2.05) is 11.3 Å². The number of hydrogen-bond acceptors (Lipinski definition) is 4. The summed E-state index contributed by atoms with van der Waals surface area (Å²) >= 11 is 1.96. The molecule has 3 nitrogen and oxygen atoms in total. The van der Waals surface area contributed by atoms with E-state index in [0.717, 1.165) is 31.6 Å². The molecule has 1 N–H and O–H groups in total. The van der Waals surface area contributed by atoms with Crippen LogP contribution in [0.4, 0.5) is 0 Å². The first kappa shape index (κ1) is 15.4. The van der Waals surface area contributed by atoms with Gasteiger partial charge in [-0.05, 0) is 52.1 Å². The van der Waals surface area contributed by atoms with E-state index in [1.165, 1.54) is 60.6 Å². The zero-order chi connectivity index (χ0) is 14.7. The second-order valence-electron chi connectivity index (χ2n) is 6.68. The van der Waals surface area contributed by atoms with E-state index in [4.69, 9.17) is 4.98 Å². The summed E-state index contributed by atoms with van der Waals surface area (Å²) in [5, 5.41) is 4.90. The summed E-state index contributed by atoms with van der Waals surface area (Å²) in [5.74, 6) is 0.771. The number of nitrogens with zero attached hydrogens (tertiary/aromatic N) is 2. The van der Waals surface area contributed by atoms with Crippen molar-refractivity contribution >= 4 is 11.3 Å². The molecule has 0 bridgehead atoms. The van der Waals surface area contributed by atoms with Gasteiger partial charge in [0.05, 0.1) is 12.2 Å². The first-order valence-electron chi connectivity index (χ1n) is 8.71. The number of nitrogens with one attached hydrogen (secondary N) is 1. The van der Waals surface area contributed by atoms with Gasteiger partial charge in [0.2, 0.25) is 0 Å². The first-order valence-corrected chi connectivity index (χ1v) is 9.52. The molecule has 1 aromatic rings. The van der Waals surface area contributed by atoms with Gasteiger partial charge < -0.3 is 5.32 Å². The number of piperidine rings is 1. The van der Waals surface area contributed by atoms with Crippen LogP contribution in [0.2, 0.25) is 0 Å². The lowest BCUT2D eigenvalue weighted by atomic mass is 10.0. The van der Waals surface area contributed by atoms with Crippen LogP contribution in [0, 0.1) is 0 Å². The van der Waals surface area contributed by atoms with Gasteiger partial charge in [0.25, 0.3) is 0 Å². The van der Waals surface area contributed by atoms with Crippen molar-refractivity contribution in [1.29, 1.82) is 0 Å². The van der Waals surface area contributed by atoms with Crippen molar-refractivity contribution in [3.8, 4) is 0 Å². The SMILES string of the molecule is CCCNCc1sc(CN2CCCCC2C)nc1C1CC1. The second-order valence-corrected chi connectivity index (χ2v) is 7.85. The van der Waals surface area contributed by atoms with Crippen LogP contribution in [-0.4, -0.2) is 29.0 Å². The average molecular weight is 308 g/mol. The van der Waals surface area contributed by atoms with Crippen LogP contribution in [0.15, 0.2) is 0 Å². The van der Waals surface area contributed by atoms with Crippen molar-refractivity contribution in [3.63, 3.8) is 0 Å². The fourth-order valence-corrected chi connectivity index (χ4v) is 4.38. The predicted octanol–water partition coefficient (Wildman–Crippen LogP) is 3.89. The summed E-state index contributed by atoms with van der Waals surface area (Å²) in [6, 6.07) is 0.730. The monoisotopic (exact) mass is 307 g/mol. The fraction of sp³-hybridized carbons (Fsp3) is 0.824. The zero-order valence-electron chi connectivity index (χ0n) is 13.5. The number of thiazole rings is 1. The molecule has 1 atom stereocenters. The minimum atomic E-state index is 0.730. The van der Waals surface area contributed by atoms with Crippen LogP contribution < -0.4 is 5.32 Å². The van der Waals surface area contributed by atoms with Gasteiger partial charge in [0, 0.05) is 23.4 Å². The lowest BCUT2D eigenvalue weighted by Crippen LogP contribution is -2.36. The molecule has 0 spiro atoms. The Morgan fingerprint density at radius 2 is 2.14 bits per heavy atom. The molecule has 0 radical (unpaired) electrons. The average Bonchev–Trinajstić information content (AvgIpc) is 3.25. The van der Waals surface area contributed by atoms with Crippen LogP contribution in [0.5, 0.6) is 0 Å². The molecule has 1 aromatic heterocycles. The van der Waals surface area contributed by atoms with E-state index in [-0.39, 0.29) is 0 Å². The second kappa shape index (κ2) is 7.21. The fourth-order valence-electron chi connectivity index (χ4n) is 3.23. The van der Waals surface area contributed by atoms with E-state index >= 15 is 0 Å². The summed E-state index contributed by atoms with van der Waals surface area (Å²) in [4.78, 5) is 9.15. The highest BCUT2D eigenvalue weighted by Gasteiger charge is 2.30. The molecule has 0 aromatic carbocycles. The van der Waals surface area contributed by atoms with Crippen LogP contribution >= 0.6 is 11.3 Å². The van der Waals surface area contributed by atoms with Crippen LogP contribution in [0.1, 0.15) is 73.9 Å². The number of aromatic nitrogens is 1. The molecule has 1 saturated carbocycles. The van der Waals surface area contributed by atoms with E-state index in [0.29, 0.717) is 0 Å². The number of likely N-dealkylation sites (tertiary alicyclic amines) is 1. The predicted molar refractivity (Wildman–Crippen MR) is 89.8 cm³/mol. The van der Waals surface area contributed by atoms with Gasteiger partial charge in [-0.25, -0.2) is 4.98 Å². The van der Waals surface area contributed by atoms with Crippen molar-refractivity contribution < 1.29 is 0 Å². The summed E-state index contributed by atoms with van der Waals surface area (Å²) in [6.45, 7) is 9.05. The van der Waals surface area contributed by atoms with Gasteiger partial charge in [-0.1, -0.05) is 13.3 Å². The molecule has 1 aliphatic carbocycles. The largest absolute Gasteiger partial charge is 0.312 e. The van der Waals surface area contributed by atoms with Crippen molar-refractivity contribution in [2.45, 2.75) is 77.4 Å². The Balaban J connectivity index is 1.65. The third-order valence-electron chi connectivity index (χ3n) is 4.73. The minimum Gasteiger partial charge on any atom is -0.312 e. The highest BCUT2D eigenvalue weighted by atomic mass is 32.1. The smallest absolute Gasteiger partial charge is 0.107 e. The van der Waals surface area contributed by atoms with Crippen LogP contribution in [0.3, 0.4) is 0 Å². The molecular formula is C17H29N3S. The summed E-state index contributed by atoms with van der Waals surface area (Å²) in [5.41, 5.74) is 1.42. The van der Waals surface area contributed by atoms with Gasteiger partial charge in [-0.3, -0.25) is 4.90 Å². The first-order chi connectivity index (χ1) is 10.3. The molecular weight excluding hydrogens is 278 g/mol. The highest BCUT2D eigenvalue weighted by molar-refractivity contribution is 7.11. The lowest BCUT2D eigenvalue weighted by molar-refractivity contribution is 0.152. The van der Waals surface area contributed by atoms with Crippen molar-refractivity contribution in [3.05, 3.63) is 15.6 Å². The third kappa shape index (κ3) is 4.05. The van der Waals surface area contributed by atoms with Crippen molar-refractivity contribution in [2.24, 2.45) is 0 Å². The molecule has 1 saturated heterocycles. The van der Waals surface area contributed by atoms with Crippen LogP contribution in [-0.2, 0) is 13.1 Å². The molecule has 0 amide bonds. The maximum Gasteiger partial charge on any atom is 0.107 e. The highest BCUT2D eigenvalue weighted by Crippen LogP contribution is 2.42. The maximum atomic E-state index is 5.02. The molecule has 2 fully saturated rings. The number of hydrogen-bond donors (Lipinski definition) is 1. The Hall–Kier alpha value is -0.450. The zero-order valence-corrected chi connectivity index (χ0v) is 14.3. The minimum absolute atomic E-state index is 0.730. The molecule has 21 heavy (non-hydrogen) atoms. The van der Waals surface area contributed by atoms with Gasteiger partial charge in [-0.2, -0.15) is 0 Å². The molecule has 1 aliphatic heterocycles. The Morgan fingerprint density at radius 1 is 1.29 bits per heavy atom. The molecule has 1 unspecified atom stereocenters. The Kier molecular flexibility index (Phi) is 5.30. The normalized spacial score (nSPS) is 23.6. The van der Waals surface area contributed by atoms with Gasteiger partial charge in [0.15, 0.2) is 0 Å². The molecule has 2 aliphatic rings. The summed E-state index contributed by atoms with van der Waals surface area (Å²) < 4.78 is 0. The van der Waals surface area contributed by atoms with Gasteiger partial charge >= 0.3 is 0 Å². The molecule has 4 heteroatoms. The van der Waals surface area contributed by atoms with Crippen molar-refractivity contribution in [1.82, 2.24) is 15.2 Å². The van der Waals surface area contributed by atoms with Crippen molar-refractivity contribution in [2.75, 3.05) is 13.1 Å². The lowest BCUT2D eigenvalue weighted by Gasteiger charge is -2.32.